The second kappa shape index (κ2) is 11.2. The van der Waals surface area contributed by atoms with E-state index in [1.807, 2.05) is 54.6 Å². The predicted molar refractivity (Wildman–Crippen MR) is 131 cm³/mol. The van der Waals surface area contributed by atoms with Crippen molar-refractivity contribution in [1.29, 1.82) is 0 Å². The van der Waals surface area contributed by atoms with Crippen molar-refractivity contribution in [2.45, 2.75) is 39.8 Å². The zero-order valence-corrected chi connectivity index (χ0v) is 19.5. The average molecular weight is 464 g/mol. The van der Waals surface area contributed by atoms with Crippen LogP contribution in [0.3, 0.4) is 0 Å². The molecule has 8 heteroatoms. The summed E-state index contributed by atoms with van der Waals surface area (Å²) in [4.78, 5) is 37.8. The summed E-state index contributed by atoms with van der Waals surface area (Å²) >= 11 is 0. The lowest BCUT2D eigenvalue weighted by Gasteiger charge is -2.20. The van der Waals surface area contributed by atoms with E-state index in [1.165, 1.54) is 10.8 Å². The van der Waals surface area contributed by atoms with E-state index < -0.39 is 23.6 Å². The van der Waals surface area contributed by atoms with Gasteiger partial charge in [0.15, 0.2) is 5.69 Å². The Kier molecular flexibility index (Phi) is 8.08. The van der Waals surface area contributed by atoms with Crippen molar-refractivity contribution >= 4 is 17.7 Å². The van der Waals surface area contributed by atoms with Gasteiger partial charge in [0.25, 0.3) is 5.56 Å². The van der Waals surface area contributed by atoms with Crippen LogP contribution in [0.5, 0.6) is 5.75 Å². The standard InChI is InChI=1S/C26H29N3O5/c1-4-29-16-17(3)24(31)23(25(29)32)28-26(33)27-21(15-22(30)34-5-2)20-13-9-12-19(14-20)18-10-7-6-8-11-18/h6-14,16,21,31H,4-5,15H2,1-3H3,(H2,27,28,33)/t21-/m0/s1. The maximum absolute atomic E-state index is 12.9. The Morgan fingerprint density at radius 2 is 1.76 bits per heavy atom. The molecule has 0 aliphatic carbocycles. The number of rotatable bonds is 8. The van der Waals surface area contributed by atoms with Crippen molar-refractivity contribution < 1.29 is 19.4 Å². The van der Waals surface area contributed by atoms with E-state index in [1.54, 1.807) is 20.8 Å². The summed E-state index contributed by atoms with van der Waals surface area (Å²) in [6.45, 7) is 5.74. The van der Waals surface area contributed by atoms with Gasteiger partial charge in [-0.15, -0.1) is 0 Å². The summed E-state index contributed by atoms with van der Waals surface area (Å²) in [6, 6.07) is 15.8. The average Bonchev–Trinajstić information content (AvgIpc) is 2.84. The van der Waals surface area contributed by atoms with Crippen LogP contribution < -0.4 is 16.2 Å². The van der Waals surface area contributed by atoms with E-state index in [4.69, 9.17) is 4.74 Å². The van der Waals surface area contributed by atoms with Crippen LogP contribution >= 0.6 is 0 Å². The summed E-state index contributed by atoms with van der Waals surface area (Å²) in [5.74, 6) is -0.762. The molecule has 0 radical (unpaired) electrons. The molecular formula is C26H29N3O5. The third-order valence-corrected chi connectivity index (χ3v) is 5.39. The van der Waals surface area contributed by atoms with Crippen LogP contribution in [0.1, 0.15) is 37.4 Å². The lowest BCUT2D eigenvalue weighted by atomic mass is 9.98. The molecule has 0 spiro atoms. The summed E-state index contributed by atoms with van der Waals surface area (Å²) in [6.07, 6.45) is 1.43. The highest BCUT2D eigenvalue weighted by Gasteiger charge is 2.22. The predicted octanol–water partition coefficient (Wildman–Crippen LogP) is 4.37. The smallest absolute Gasteiger partial charge is 0.319 e. The number of anilines is 1. The number of carbonyl (C=O) groups is 2. The van der Waals surface area contributed by atoms with E-state index in [0.29, 0.717) is 17.7 Å². The Bertz CT molecular complexity index is 1220. The molecule has 178 valence electrons. The van der Waals surface area contributed by atoms with Crippen LogP contribution in [0.25, 0.3) is 11.1 Å². The molecule has 0 aliphatic heterocycles. The number of urea groups is 1. The number of aromatic nitrogens is 1. The van der Waals surface area contributed by atoms with Crippen molar-refractivity contribution in [1.82, 2.24) is 9.88 Å². The molecule has 2 amide bonds. The van der Waals surface area contributed by atoms with E-state index in [2.05, 4.69) is 10.6 Å². The molecule has 3 rings (SSSR count). The van der Waals surface area contributed by atoms with E-state index in [0.717, 1.165) is 11.1 Å². The third kappa shape index (κ3) is 5.83. The number of hydrogen-bond donors (Lipinski definition) is 3. The van der Waals surface area contributed by atoms with Gasteiger partial charge in [-0.25, -0.2) is 4.79 Å². The Balaban J connectivity index is 1.89. The SMILES string of the molecule is CCOC(=O)C[C@H](NC(=O)Nc1c(O)c(C)cn(CC)c1=O)c1cccc(-c2ccccc2)c1. The van der Waals surface area contributed by atoms with Crippen molar-refractivity contribution in [3.8, 4) is 16.9 Å². The number of aryl methyl sites for hydroxylation is 2. The third-order valence-electron chi connectivity index (χ3n) is 5.39. The molecule has 1 atom stereocenters. The number of amides is 2. The fourth-order valence-electron chi connectivity index (χ4n) is 3.66. The van der Waals surface area contributed by atoms with Gasteiger partial charge >= 0.3 is 12.0 Å². The van der Waals surface area contributed by atoms with Gasteiger partial charge in [-0.1, -0.05) is 48.5 Å². The number of nitrogens with zero attached hydrogens (tertiary/aromatic N) is 1. The minimum Gasteiger partial charge on any atom is -0.505 e. The normalized spacial score (nSPS) is 11.5. The van der Waals surface area contributed by atoms with E-state index in [9.17, 15) is 19.5 Å². The van der Waals surface area contributed by atoms with Crippen molar-refractivity contribution in [3.05, 3.63) is 82.3 Å². The number of hydrogen-bond acceptors (Lipinski definition) is 5. The Morgan fingerprint density at radius 1 is 1.06 bits per heavy atom. The maximum atomic E-state index is 12.9. The Hall–Kier alpha value is -4.07. The molecule has 0 unspecified atom stereocenters. The Labute approximate surface area is 198 Å². The molecule has 3 N–H and O–H groups in total. The molecule has 2 aromatic carbocycles. The van der Waals surface area contributed by atoms with Gasteiger partial charge < -0.3 is 25.0 Å². The number of nitrogens with one attached hydrogen (secondary N) is 2. The van der Waals surface area contributed by atoms with Crippen LogP contribution in [0.2, 0.25) is 0 Å². The van der Waals surface area contributed by atoms with Gasteiger partial charge in [-0.05, 0) is 43.5 Å². The number of benzene rings is 2. The van der Waals surface area contributed by atoms with E-state index in [-0.39, 0.29) is 24.5 Å². The first-order chi connectivity index (χ1) is 16.3. The number of ether oxygens (including phenoxy) is 1. The van der Waals surface area contributed by atoms with Crippen LogP contribution in [-0.2, 0) is 16.1 Å². The fraction of sp³-hybridized carbons (Fsp3) is 0.269. The molecule has 34 heavy (non-hydrogen) atoms. The number of carbonyl (C=O) groups excluding carboxylic acids is 2. The zero-order valence-electron chi connectivity index (χ0n) is 19.5. The van der Waals surface area contributed by atoms with Crippen LogP contribution in [-0.4, -0.2) is 28.3 Å². The minimum atomic E-state index is -0.722. The summed E-state index contributed by atoms with van der Waals surface area (Å²) < 4.78 is 6.48. The van der Waals surface area contributed by atoms with Gasteiger partial charge in [-0.2, -0.15) is 0 Å². The molecule has 8 nitrogen and oxygen atoms in total. The van der Waals surface area contributed by atoms with Crippen LogP contribution in [0, 0.1) is 6.92 Å². The van der Waals surface area contributed by atoms with Crippen molar-refractivity contribution in [2.24, 2.45) is 0 Å². The molecule has 0 saturated carbocycles. The second-order valence-corrected chi connectivity index (χ2v) is 7.78. The lowest BCUT2D eigenvalue weighted by Crippen LogP contribution is -2.36. The lowest BCUT2D eigenvalue weighted by molar-refractivity contribution is -0.143. The highest BCUT2D eigenvalue weighted by Crippen LogP contribution is 2.26. The first-order valence-electron chi connectivity index (χ1n) is 11.2. The molecule has 1 heterocycles. The first-order valence-corrected chi connectivity index (χ1v) is 11.2. The highest BCUT2D eigenvalue weighted by molar-refractivity contribution is 5.91. The molecule has 0 aliphatic rings. The van der Waals surface area contributed by atoms with E-state index >= 15 is 0 Å². The largest absolute Gasteiger partial charge is 0.505 e. The summed E-state index contributed by atoms with van der Waals surface area (Å²) in [7, 11) is 0. The summed E-state index contributed by atoms with van der Waals surface area (Å²) in [5, 5.41) is 15.6. The van der Waals surface area contributed by atoms with Gasteiger partial charge in [-0.3, -0.25) is 9.59 Å². The van der Waals surface area contributed by atoms with Crippen molar-refractivity contribution in [2.75, 3.05) is 11.9 Å². The molecule has 0 fully saturated rings. The monoisotopic (exact) mass is 463 g/mol. The topological polar surface area (TPSA) is 110 Å². The summed E-state index contributed by atoms with van der Waals surface area (Å²) in [5.41, 5.74) is 2.34. The quantitative estimate of drug-likeness (QED) is 0.430. The number of aromatic hydroxyl groups is 1. The molecule has 3 aromatic rings. The second-order valence-electron chi connectivity index (χ2n) is 7.78. The number of esters is 1. The van der Waals surface area contributed by atoms with Gasteiger partial charge in [0.05, 0.1) is 19.1 Å². The number of pyridine rings is 1. The molecule has 1 aromatic heterocycles. The minimum absolute atomic E-state index is 0.0987. The van der Waals surface area contributed by atoms with Gasteiger partial charge in [0.1, 0.15) is 5.75 Å². The fourth-order valence-corrected chi connectivity index (χ4v) is 3.66. The van der Waals surface area contributed by atoms with Crippen LogP contribution in [0.4, 0.5) is 10.5 Å². The molecule has 0 bridgehead atoms. The molecular weight excluding hydrogens is 434 g/mol. The Morgan fingerprint density at radius 3 is 2.44 bits per heavy atom. The van der Waals surface area contributed by atoms with Gasteiger partial charge in [0.2, 0.25) is 0 Å². The zero-order chi connectivity index (χ0) is 24.7. The highest BCUT2D eigenvalue weighted by atomic mass is 16.5. The van der Waals surface area contributed by atoms with Crippen LogP contribution in [0.15, 0.2) is 65.6 Å². The van der Waals surface area contributed by atoms with Gasteiger partial charge in [0, 0.05) is 18.3 Å². The maximum Gasteiger partial charge on any atom is 0.319 e. The molecule has 0 saturated heterocycles. The van der Waals surface area contributed by atoms with Crippen molar-refractivity contribution in [3.63, 3.8) is 0 Å². The first kappa shape index (κ1) is 24.6.